The molecule has 1 atom stereocenters. The second-order valence-corrected chi connectivity index (χ2v) is 5.22. The van der Waals surface area contributed by atoms with Crippen LogP contribution in [0, 0.1) is 0 Å². The third-order valence-corrected chi connectivity index (χ3v) is 3.63. The molecule has 1 unspecified atom stereocenters. The Kier molecular flexibility index (Phi) is 4.42. The summed E-state index contributed by atoms with van der Waals surface area (Å²) in [4.78, 5) is 23.0. The lowest BCUT2D eigenvalue weighted by Gasteiger charge is -2.12. The molecule has 0 bridgehead atoms. The molecule has 0 aromatic heterocycles. The van der Waals surface area contributed by atoms with Crippen LogP contribution in [-0.4, -0.2) is 31.5 Å². The first-order valence-corrected chi connectivity index (χ1v) is 6.80. The number of halogens is 1. The molecule has 1 aliphatic heterocycles. The van der Waals surface area contributed by atoms with Gasteiger partial charge in [0.1, 0.15) is 5.75 Å². The lowest BCUT2D eigenvalue weighted by molar-refractivity contribution is -0.119. The number of hydrogen-bond donors (Lipinski definition) is 2. The molecule has 102 valence electrons. The van der Waals surface area contributed by atoms with Crippen molar-refractivity contribution in [1.29, 1.82) is 0 Å². The highest BCUT2D eigenvalue weighted by Gasteiger charge is 2.21. The first-order chi connectivity index (χ1) is 9.10. The molecular formula is C13H15BrN2O3. The minimum Gasteiger partial charge on any atom is -0.496 e. The van der Waals surface area contributed by atoms with Crippen molar-refractivity contribution in [3.05, 3.63) is 28.2 Å². The number of carbonyl (C=O) groups is 2. The number of carbonyl (C=O) groups excluding carboxylic acids is 2. The van der Waals surface area contributed by atoms with Gasteiger partial charge in [0.2, 0.25) is 5.91 Å². The van der Waals surface area contributed by atoms with Crippen molar-refractivity contribution in [2.24, 2.45) is 0 Å². The zero-order chi connectivity index (χ0) is 13.8. The maximum absolute atomic E-state index is 11.9. The molecule has 1 aromatic carbocycles. The van der Waals surface area contributed by atoms with Gasteiger partial charge in [-0.05, 0) is 40.5 Å². The predicted molar refractivity (Wildman–Crippen MR) is 74.2 cm³/mol. The largest absolute Gasteiger partial charge is 0.496 e. The van der Waals surface area contributed by atoms with Crippen LogP contribution in [0.2, 0.25) is 0 Å². The highest BCUT2D eigenvalue weighted by atomic mass is 79.9. The van der Waals surface area contributed by atoms with E-state index in [1.54, 1.807) is 25.3 Å². The molecule has 0 spiro atoms. The summed E-state index contributed by atoms with van der Waals surface area (Å²) in [5.41, 5.74) is 0.553. The van der Waals surface area contributed by atoms with Gasteiger partial charge in [0.05, 0.1) is 11.6 Å². The SMILES string of the molecule is COc1ccc(C(=O)NCC2CCC(=O)N2)cc1Br. The van der Waals surface area contributed by atoms with Crippen molar-refractivity contribution < 1.29 is 14.3 Å². The van der Waals surface area contributed by atoms with Crippen molar-refractivity contribution in [3.8, 4) is 5.75 Å². The predicted octanol–water partition coefficient (Wildman–Crippen LogP) is 1.47. The fourth-order valence-electron chi connectivity index (χ4n) is 1.96. The van der Waals surface area contributed by atoms with E-state index in [0.717, 1.165) is 10.9 Å². The van der Waals surface area contributed by atoms with Crippen LogP contribution in [0.5, 0.6) is 5.75 Å². The molecule has 6 heteroatoms. The number of hydrogen-bond acceptors (Lipinski definition) is 3. The van der Waals surface area contributed by atoms with Gasteiger partial charge in [0.15, 0.2) is 0 Å². The molecular weight excluding hydrogens is 312 g/mol. The third-order valence-electron chi connectivity index (χ3n) is 3.01. The highest BCUT2D eigenvalue weighted by Crippen LogP contribution is 2.25. The second-order valence-electron chi connectivity index (χ2n) is 4.36. The first kappa shape index (κ1) is 13.9. The van der Waals surface area contributed by atoms with Crippen LogP contribution in [0.3, 0.4) is 0 Å². The Morgan fingerprint density at radius 2 is 2.37 bits per heavy atom. The molecule has 5 nitrogen and oxygen atoms in total. The maximum Gasteiger partial charge on any atom is 0.251 e. The maximum atomic E-state index is 11.9. The van der Waals surface area contributed by atoms with E-state index in [4.69, 9.17) is 4.74 Å². The number of rotatable bonds is 4. The number of nitrogens with one attached hydrogen (secondary N) is 2. The van der Waals surface area contributed by atoms with Crippen LogP contribution in [0.15, 0.2) is 22.7 Å². The normalized spacial score (nSPS) is 18.0. The molecule has 1 heterocycles. The van der Waals surface area contributed by atoms with Crippen LogP contribution < -0.4 is 15.4 Å². The zero-order valence-electron chi connectivity index (χ0n) is 10.5. The van der Waals surface area contributed by atoms with Crippen molar-refractivity contribution >= 4 is 27.7 Å². The van der Waals surface area contributed by atoms with E-state index in [1.165, 1.54) is 0 Å². The van der Waals surface area contributed by atoms with Crippen LogP contribution in [-0.2, 0) is 4.79 Å². The van der Waals surface area contributed by atoms with Crippen LogP contribution >= 0.6 is 15.9 Å². The Morgan fingerprint density at radius 3 is 2.95 bits per heavy atom. The van der Waals surface area contributed by atoms with Gasteiger partial charge in [-0.25, -0.2) is 0 Å². The molecule has 2 N–H and O–H groups in total. The zero-order valence-corrected chi connectivity index (χ0v) is 12.1. The summed E-state index contributed by atoms with van der Waals surface area (Å²) >= 11 is 3.34. The summed E-state index contributed by atoms with van der Waals surface area (Å²) in [6, 6.07) is 5.18. The Hall–Kier alpha value is -1.56. The van der Waals surface area contributed by atoms with Crippen LogP contribution in [0.25, 0.3) is 0 Å². The second kappa shape index (κ2) is 6.06. The van der Waals surface area contributed by atoms with E-state index in [2.05, 4.69) is 26.6 Å². The molecule has 0 saturated carbocycles. The van der Waals surface area contributed by atoms with E-state index < -0.39 is 0 Å². The van der Waals surface area contributed by atoms with Gasteiger partial charge >= 0.3 is 0 Å². The summed E-state index contributed by atoms with van der Waals surface area (Å²) in [7, 11) is 1.57. The highest BCUT2D eigenvalue weighted by molar-refractivity contribution is 9.10. The van der Waals surface area contributed by atoms with Gasteiger partial charge in [0, 0.05) is 24.6 Å². The van der Waals surface area contributed by atoms with Gasteiger partial charge in [-0.2, -0.15) is 0 Å². The lowest BCUT2D eigenvalue weighted by Crippen LogP contribution is -2.38. The molecule has 0 radical (unpaired) electrons. The van der Waals surface area contributed by atoms with Crippen molar-refractivity contribution in [1.82, 2.24) is 10.6 Å². The van der Waals surface area contributed by atoms with Crippen LogP contribution in [0.4, 0.5) is 0 Å². The smallest absolute Gasteiger partial charge is 0.251 e. The monoisotopic (exact) mass is 326 g/mol. The summed E-state index contributed by atoms with van der Waals surface area (Å²) < 4.78 is 5.84. The molecule has 0 aliphatic carbocycles. The van der Waals surface area contributed by atoms with Crippen molar-refractivity contribution in [3.63, 3.8) is 0 Å². The standard InChI is InChI=1S/C13H15BrN2O3/c1-19-11-4-2-8(6-10(11)14)13(18)15-7-9-3-5-12(17)16-9/h2,4,6,9H,3,5,7H2,1H3,(H,15,18)(H,16,17). The average molecular weight is 327 g/mol. The molecule has 1 fully saturated rings. The Morgan fingerprint density at radius 1 is 1.58 bits per heavy atom. The Bertz CT molecular complexity index is 505. The van der Waals surface area contributed by atoms with E-state index in [0.29, 0.717) is 24.3 Å². The molecule has 1 saturated heterocycles. The Balaban J connectivity index is 1.92. The summed E-state index contributed by atoms with van der Waals surface area (Å²) in [5.74, 6) is 0.565. The van der Waals surface area contributed by atoms with Gasteiger partial charge in [-0.1, -0.05) is 0 Å². The lowest BCUT2D eigenvalue weighted by atomic mass is 10.2. The summed E-state index contributed by atoms with van der Waals surface area (Å²) in [6.45, 7) is 0.453. The minimum absolute atomic E-state index is 0.0399. The molecule has 19 heavy (non-hydrogen) atoms. The van der Waals surface area contributed by atoms with Gasteiger partial charge in [-0.3, -0.25) is 9.59 Å². The molecule has 2 amide bonds. The topological polar surface area (TPSA) is 67.4 Å². The van der Waals surface area contributed by atoms with E-state index in [-0.39, 0.29) is 17.9 Å². The number of methoxy groups -OCH3 is 1. The molecule has 1 aliphatic rings. The molecule has 2 rings (SSSR count). The Labute approximate surface area is 119 Å². The fraction of sp³-hybridized carbons (Fsp3) is 0.385. The number of ether oxygens (including phenoxy) is 1. The number of benzene rings is 1. The number of amides is 2. The third kappa shape index (κ3) is 3.47. The summed E-state index contributed by atoms with van der Waals surface area (Å²) in [6.07, 6.45) is 1.31. The van der Waals surface area contributed by atoms with Crippen molar-refractivity contribution in [2.75, 3.05) is 13.7 Å². The van der Waals surface area contributed by atoms with Gasteiger partial charge < -0.3 is 15.4 Å². The first-order valence-electron chi connectivity index (χ1n) is 6.01. The van der Waals surface area contributed by atoms with Crippen LogP contribution in [0.1, 0.15) is 23.2 Å². The van der Waals surface area contributed by atoms with E-state index >= 15 is 0 Å². The quantitative estimate of drug-likeness (QED) is 0.880. The van der Waals surface area contributed by atoms with E-state index in [1.807, 2.05) is 0 Å². The van der Waals surface area contributed by atoms with Gasteiger partial charge in [0.25, 0.3) is 5.91 Å². The fourth-order valence-corrected chi connectivity index (χ4v) is 2.50. The average Bonchev–Trinajstić information content (AvgIpc) is 2.81. The molecule has 1 aromatic rings. The van der Waals surface area contributed by atoms with Gasteiger partial charge in [-0.15, -0.1) is 0 Å². The van der Waals surface area contributed by atoms with Crippen molar-refractivity contribution in [2.45, 2.75) is 18.9 Å². The minimum atomic E-state index is -0.162. The summed E-state index contributed by atoms with van der Waals surface area (Å²) in [5, 5.41) is 5.62. The van der Waals surface area contributed by atoms with E-state index in [9.17, 15) is 9.59 Å².